The minimum Gasteiger partial charge on any atom is -0.478 e. The zero-order valence-corrected chi connectivity index (χ0v) is 20.6. The molecular formula is C26H25ClN4O6. The molecule has 192 valence electrons. The summed E-state index contributed by atoms with van der Waals surface area (Å²) in [7, 11) is 0. The average Bonchev–Trinajstić information content (AvgIpc) is 3.48. The summed E-state index contributed by atoms with van der Waals surface area (Å²) >= 11 is 5.86. The quantitative estimate of drug-likeness (QED) is 0.429. The van der Waals surface area contributed by atoms with Crippen LogP contribution in [0.1, 0.15) is 59.4 Å². The first kappa shape index (κ1) is 24.8. The van der Waals surface area contributed by atoms with Gasteiger partial charge in [0.05, 0.1) is 10.6 Å². The summed E-state index contributed by atoms with van der Waals surface area (Å²) in [5, 5.41) is 15.6. The molecule has 1 saturated carbocycles. The van der Waals surface area contributed by atoms with E-state index >= 15 is 0 Å². The van der Waals surface area contributed by atoms with E-state index in [1.807, 2.05) is 4.90 Å². The molecule has 3 N–H and O–H groups in total. The van der Waals surface area contributed by atoms with E-state index in [0.717, 1.165) is 25.8 Å². The topological polar surface area (TPSA) is 142 Å². The molecule has 3 amide bonds. The molecule has 3 aromatic rings. The number of carboxylic acids is 1. The Morgan fingerprint density at radius 1 is 1.08 bits per heavy atom. The van der Waals surface area contributed by atoms with Crippen molar-refractivity contribution < 1.29 is 28.7 Å². The van der Waals surface area contributed by atoms with Gasteiger partial charge in [0.1, 0.15) is 17.1 Å². The second kappa shape index (κ2) is 10.2. The molecule has 10 nitrogen and oxygen atoms in total. The highest BCUT2D eigenvalue weighted by Gasteiger charge is 2.34. The van der Waals surface area contributed by atoms with Crippen LogP contribution in [0.2, 0.25) is 5.02 Å². The molecule has 5 rings (SSSR count). The Morgan fingerprint density at radius 2 is 1.86 bits per heavy atom. The number of benzene rings is 1. The number of hydrogen-bond acceptors (Lipinski definition) is 6. The van der Waals surface area contributed by atoms with Crippen molar-refractivity contribution in [2.24, 2.45) is 5.92 Å². The lowest BCUT2D eigenvalue weighted by Gasteiger charge is -2.34. The fourth-order valence-corrected chi connectivity index (χ4v) is 5.18. The molecule has 11 heteroatoms. The van der Waals surface area contributed by atoms with Crippen LogP contribution in [0.3, 0.4) is 0 Å². The highest BCUT2D eigenvalue weighted by atomic mass is 35.5. The van der Waals surface area contributed by atoms with Crippen LogP contribution in [0.4, 0.5) is 11.5 Å². The van der Waals surface area contributed by atoms with Gasteiger partial charge in [-0.05, 0) is 62.4 Å². The van der Waals surface area contributed by atoms with Crippen molar-refractivity contribution >= 4 is 57.8 Å². The number of carboxylic acid groups (broad SMARTS) is 1. The summed E-state index contributed by atoms with van der Waals surface area (Å²) in [6.07, 6.45) is 5.51. The van der Waals surface area contributed by atoms with E-state index in [-0.39, 0.29) is 52.2 Å². The van der Waals surface area contributed by atoms with Crippen LogP contribution in [-0.2, 0) is 9.59 Å². The lowest BCUT2D eigenvalue weighted by atomic mass is 9.84. The molecule has 3 heterocycles. The molecular weight excluding hydrogens is 500 g/mol. The Hall–Kier alpha value is -3.92. The lowest BCUT2D eigenvalue weighted by Crippen LogP contribution is -2.40. The third-order valence-corrected chi connectivity index (χ3v) is 7.20. The van der Waals surface area contributed by atoms with Crippen LogP contribution >= 0.6 is 11.6 Å². The highest BCUT2D eigenvalue weighted by Crippen LogP contribution is 2.35. The Balaban J connectivity index is 1.38. The normalized spacial score (nSPS) is 19.7. The van der Waals surface area contributed by atoms with Crippen molar-refractivity contribution in [1.82, 2.24) is 9.88 Å². The number of rotatable bonds is 6. The summed E-state index contributed by atoms with van der Waals surface area (Å²) in [6, 6.07) is 7.42. The van der Waals surface area contributed by atoms with Gasteiger partial charge in [0, 0.05) is 36.5 Å². The number of carbonyl (C=O) groups excluding carboxylic acids is 3. The van der Waals surface area contributed by atoms with Crippen molar-refractivity contribution in [3.8, 4) is 0 Å². The number of aromatic nitrogens is 1. The van der Waals surface area contributed by atoms with Gasteiger partial charge in [-0.3, -0.25) is 14.4 Å². The van der Waals surface area contributed by atoms with Crippen molar-refractivity contribution in [2.45, 2.75) is 44.6 Å². The van der Waals surface area contributed by atoms with E-state index in [9.17, 15) is 24.3 Å². The second-order valence-corrected chi connectivity index (χ2v) is 9.76. The molecule has 0 spiro atoms. The first-order chi connectivity index (χ1) is 17.8. The molecule has 2 aliphatic rings. The Morgan fingerprint density at radius 3 is 2.51 bits per heavy atom. The van der Waals surface area contributed by atoms with E-state index in [1.165, 1.54) is 30.5 Å². The number of fused-ring (bicyclic) bond motifs is 1. The maximum Gasteiger partial charge on any atom is 0.335 e. The van der Waals surface area contributed by atoms with Gasteiger partial charge in [0.25, 0.3) is 5.91 Å². The maximum absolute atomic E-state index is 13.3. The number of pyridine rings is 1. The number of nitrogens with zero attached hydrogens (tertiary/aromatic N) is 2. The van der Waals surface area contributed by atoms with Crippen molar-refractivity contribution in [1.29, 1.82) is 0 Å². The summed E-state index contributed by atoms with van der Waals surface area (Å²) in [6.45, 7) is 0.772. The van der Waals surface area contributed by atoms with E-state index in [1.54, 1.807) is 6.07 Å². The number of carbonyl (C=O) groups is 4. The predicted octanol–water partition coefficient (Wildman–Crippen LogP) is 4.55. The number of halogens is 1. The SMILES string of the molecule is O=C(O)c1ccc2oc(C(=O)Nc3ccc(Cl)cn3)c(NC(=O)[C@H]3CC[C@H](N4CCCC4=O)CC3)c2c1. The smallest absolute Gasteiger partial charge is 0.335 e. The van der Waals surface area contributed by atoms with Crippen molar-refractivity contribution in [3.05, 3.63) is 52.9 Å². The first-order valence-corrected chi connectivity index (χ1v) is 12.5. The number of likely N-dealkylation sites (tertiary alicyclic amines) is 1. The fraction of sp³-hybridized carbons (Fsp3) is 0.346. The monoisotopic (exact) mass is 524 g/mol. The number of hydrogen-bond donors (Lipinski definition) is 3. The molecule has 2 aromatic heterocycles. The third kappa shape index (κ3) is 5.15. The summed E-state index contributed by atoms with van der Waals surface area (Å²) < 4.78 is 5.76. The summed E-state index contributed by atoms with van der Waals surface area (Å²) in [4.78, 5) is 56.0. The molecule has 0 atom stereocenters. The van der Waals surface area contributed by atoms with Gasteiger partial charge in [0.15, 0.2) is 0 Å². The standard InChI is InChI=1S/C26H25ClN4O6/c27-16-6-10-20(28-13-16)29-25(34)23-22(18-12-15(26(35)36)5-9-19(18)37-23)30-24(33)14-3-7-17(8-4-14)31-11-1-2-21(31)32/h5-6,9-10,12-14,17H,1-4,7-8,11H2,(H,30,33)(H,35,36)(H,28,29,34)/t14-,17-. The van der Waals surface area contributed by atoms with Crippen LogP contribution in [0, 0.1) is 5.92 Å². The van der Waals surface area contributed by atoms with Crippen molar-refractivity contribution in [3.63, 3.8) is 0 Å². The fourth-order valence-electron chi connectivity index (χ4n) is 5.07. The van der Waals surface area contributed by atoms with E-state index < -0.39 is 11.9 Å². The van der Waals surface area contributed by atoms with Crippen LogP contribution in [0.25, 0.3) is 11.0 Å². The summed E-state index contributed by atoms with van der Waals surface area (Å²) in [5.41, 5.74) is 0.350. The number of aromatic carboxylic acids is 1. The number of nitrogens with one attached hydrogen (secondary N) is 2. The van der Waals surface area contributed by atoms with Crippen molar-refractivity contribution in [2.75, 3.05) is 17.2 Å². The van der Waals surface area contributed by atoms with Gasteiger partial charge < -0.3 is 25.1 Å². The molecule has 0 unspecified atom stereocenters. The van der Waals surface area contributed by atoms with Gasteiger partial charge in [-0.2, -0.15) is 0 Å². The van der Waals surface area contributed by atoms with E-state index in [2.05, 4.69) is 15.6 Å². The Bertz CT molecular complexity index is 1380. The number of furan rings is 1. The minimum atomic E-state index is -1.15. The first-order valence-electron chi connectivity index (χ1n) is 12.1. The molecule has 0 bridgehead atoms. The zero-order chi connectivity index (χ0) is 26.1. The largest absolute Gasteiger partial charge is 0.478 e. The average molecular weight is 525 g/mol. The third-order valence-electron chi connectivity index (χ3n) is 6.98. The Kier molecular flexibility index (Phi) is 6.84. The molecule has 0 radical (unpaired) electrons. The highest BCUT2D eigenvalue weighted by molar-refractivity contribution is 6.30. The Labute approximate surface area is 217 Å². The predicted molar refractivity (Wildman–Crippen MR) is 136 cm³/mol. The molecule has 1 aromatic carbocycles. The molecule has 1 aliphatic carbocycles. The second-order valence-electron chi connectivity index (χ2n) is 9.32. The van der Waals surface area contributed by atoms with Crippen LogP contribution in [-0.4, -0.2) is 51.3 Å². The molecule has 37 heavy (non-hydrogen) atoms. The van der Waals surface area contributed by atoms with E-state index in [0.29, 0.717) is 29.7 Å². The molecule has 1 saturated heterocycles. The number of amides is 3. The van der Waals surface area contributed by atoms with Crippen LogP contribution in [0.5, 0.6) is 0 Å². The molecule has 2 fully saturated rings. The minimum absolute atomic E-state index is 0.00841. The van der Waals surface area contributed by atoms with Gasteiger partial charge in [0.2, 0.25) is 17.6 Å². The van der Waals surface area contributed by atoms with Gasteiger partial charge >= 0.3 is 5.97 Å². The zero-order valence-electron chi connectivity index (χ0n) is 19.8. The van der Waals surface area contributed by atoms with E-state index in [4.69, 9.17) is 16.0 Å². The maximum atomic E-state index is 13.3. The van der Waals surface area contributed by atoms with Crippen LogP contribution < -0.4 is 10.6 Å². The number of anilines is 2. The molecule has 1 aliphatic heterocycles. The van der Waals surface area contributed by atoms with Gasteiger partial charge in [-0.15, -0.1) is 0 Å². The lowest BCUT2D eigenvalue weighted by molar-refractivity contribution is -0.130. The van der Waals surface area contributed by atoms with Crippen LogP contribution in [0.15, 0.2) is 40.9 Å². The van der Waals surface area contributed by atoms with Gasteiger partial charge in [-0.25, -0.2) is 9.78 Å². The summed E-state index contributed by atoms with van der Waals surface area (Å²) in [5.74, 6) is -2.16. The van der Waals surface area contributed by atoms with Gasteiger partial charge in [-0.1, -0.05) is 11.6 Å².